The van der Waals surface area contributed by atoms with Gasteiger partial charge in [-0.1, -0.05) is 35.1 Å². The van der Waals surface area contributed by atoms with E-state index in [-0.39, 0.29) is 11.6 Å². The van der Waals surface area contributed by atoms with Crippen LogP contribution in [0.2, 0.25) is 5.02 Å². The van der Waals surface area contributed by atoms with E-state index in [1.807, 2.05) is 13.0 Å². The molecule has 0 radical (unpaired) electrons. The van der Waals surface area contributed by atoms with Gasteiger partial charge in [-0.2, -0.15) is 0 Å². The molecule has 6 nitrogen and oxygen atoms in total. The van der Waals surface area contributed by atoms with Gasteiger partial charge < -0.3 is 0 Å². The predicted octanol–water partition coefficient (Wildman–Crippen LogP) is 4.82. The molecule has 0 aliphatic carbocycles. The summed E-state index contributed by atoms with van der Waals surface area (Å²) >= 11 is 7.42. The van der Waals surface area contributed by atoms with Crippen molar-refractivity contribution >= 4 is 56.0 Å². The van der Waals surface area contributed by atoms with Crippen molar-refractivity contribution in [1.29, 1.82) is 0 Å². The highest BCUT2D eigenvalue weighted by Gasteiger charge is 2.08. The zero-order valence-corrected chi connectivity index (χ0v) is 14.6. The minimum absolute atomic E-state index is 0.0269. The van der Waals surface area contributed by atoms with Crippen molar-refractivity contribution in [2.24, 2.45) is 0 Å². The van der Waals surface area contributed by atoms with Crippen LogP contribution in [0, 0.1) is 17.0 Å². The van der Waals surface area contributed by atoms with Crippen molar-refractivity contribution in [2.75, 3.05) is 5.32 Å². The number of carbonyl (C=O) groups is 1. The number of anilines is 1. The fourth-order valence-electron chi connectivity index (χ4n) is 2.16. The average molecular weight is 374 g/mol. The standard InChI is InChI=1S/C17H12ClN3O3S/c1-10-7-15-14(9-13(10)18)19-17(25-15)20-16(22)6-5-11-3-2-4-12(8-11)21(23)24/h2-9H,1H3,(H,19,20,22). The van der Waals surface area contributed by atoms with Crippen LogP contribution in [0.1, 0.15) is 11.1 Å². The molecule has 0 fully saturated rings. The number of hydrogen-bond donors (Lipinski definition) is 1. The second-order valence-electron chi connectivity index (χ2n) is 5.26. The Balaban J connectivity index is 1.74. The lowest BCUT2D eigenvalue weighted by molar-refractivity contribution is -0.384. The van der Waals surface area contributed by atoms with Crippen LogP contribution in [0.25, 0.3) is 16.3 Å². The van der Waals surface area contributed by atoms with E-state index in [1.165, 1.54) is 35.6 Å². The van der Waals surface area contributed by atoms with E-state index in [9.17, 15) is 14.9 Å². The number of fused-ring (bicyclic) bond motifs is 1. The molecule has 0 atom stereocenters. The lowest BCUT2D eigenvalue weighted by atomic mass is 10.2. The van der Waals surface area contributed by atoms with Crippen molar-refractivity contribution in [3.05, 3.63) is 68.7 Å². The fraction of sp³-hybridized carbons (Fsp3) is 0.0588. The number of nitro groups is 1. The first kappa shape index (κ1) is 17.1. The summed E-state index contributed by atoms with van der Waals surface area (Å²) in [4.78, 5) is 26.6. The SMILES string of the molecule is Cc1cc2sc(NC(=O)C=Cc3cccc([N+](=O)[O-])c3)nc2cc1Cl. The molecule has 0 bridgehead atoms. The second kappa shape index (κ2) is 7.00. The summed E-state index contributed by atoms with van der Waals surface area (Å²) in [6, 6.07) is 9.72. The smallest absolute Gasteiger partial charge is 0.270 e. The van der Waals surface area contributed by atoms with E-state index in [4.69, 9.17) is 11.6 Å². The Kier molecular flexibility index (Phi) is 4.78. The molecular weight excluding hydrogens is 362 g/mol. The normalized spacial score (nSPS) is 11.1. The molecule has 0 unspecified atom stereocenters. The summed E-state index contributed by atoms with van der Waals surface area (Å²) in [5.74, 6) is -0.367. The van der Waals surface area contributed by atoms with Gasteiger partial charge in [0.25, 0.3) is 5.69 Å². The van der Waals surface area contributed by atoms with Crippen molar-refractivity contribution in [2.45, 2.75) is 6.92 Å². The number of non-ortho nitro benzene ring substituents is 1. The van der Waals surface area contributed by atoms with E-state index >= 15 is 0 Å². The highest BCUT2D eigenvalue weighted by molar-refractivity contribution is 7.22. The number of thiazole rings is 1. The van der Waals surface area contributed by atoms with Gasteiger partial charge in [0, 0.05) is 23.2 Å². The number of rotatable bonds is 4. The van der Waals surface area contributed by atoms with Gasteiger partial charge in [0.15, 0.2) is 5.13 Å². The summed E-state index contributed by atoms with van der Waals surface area (Å²) in [6.07, 6.45) is 2.82. The zero-order chi connectivity index (χ0) is 18.0. The Morgan fingerprint density at radius 2 is 2.16 bits per heavy atom. The molecular formula is C17H12ClN3O3S. The van der Waals surface area contributed by atoms with Gasteiger partial charge in [-0.05, 0) is 36.3 Å². The van der Waals surface area contributed by atoms with Crippen molar-refractivity contribution in [3.8, 4) is 0 Å². The number of carbonyl (C=O) groups excluding carboxylic acids is 1. The third kappa shape index (κ3) is 4.01. The third-order valence-corrected chi connectivity index (χ3v) is 4.75. The minimum atomic E-state index is -0.481. The van der Waals surface area contributed by atoms with E-state index in [2.05, 4.69) is 10.3 Å². The first-order valence-corrected chi connectivity index (χ1v) is 8.42. The van der Waals surface area contributed by atoms with Crippen LogP contribution in [-0.4, -0.2) is 15.8 Å². The molecule has 8 heteroatoms. The maximum atomic E-state index is 12.0. The Bertz CT molecular complexity index is 975. The average Bonchev–Trinajstić information content (AvgIpc) is 2.94. The number of nitrogens with zero attached hydrogens (tertiary/aromatic N) is 2. The van der Waals surface area contributed by atoms with Crippen molar-refractivity contribution in [1.82, 2.24) is 4.98 Å². The Labute approximate surface area is 151 Å². The van der Waals surface area contributed by atoms with Gasteiger partial charge in [-0.15, -0.1) is 0 Å². The summed E-state index contributed by atoms with van der Waals surface area (Å²) in [7, 11) is 0. The van der Waals surface area contributed by atoms with Gasteiger partial charge in [-0.25, -0.2) is 4.98 Å². The summed E-state index contributed by atoms with van der Waals surface area (Å²) in [5, 5.41) is 14.5. The summed E-state index contributed by atoms with van der Waals surface area (Å²) < 4.78 is 0.930. The molecule has 1 aromatic heterocycles. The molecule has 1 N–H and O–H groups in total. The largest absolute Gasteiger partial charge is 0.298 e. The van der Waals surface area contributed by atoms with Gasteiger partial charge in [-0.3, -0.25) is 20.2 Å². The van der Waals surface area contributed by atoms with Crippen molar-refractivity contribution in [3.63, 3.8) is 0 Å². The molecule has 1 heterocycles. The Morgan fingerprint density at radius 1 is 1.36 bits per heavy atom. The van der Waals surface area contributed by atoms with E-state index in [0.29, 0.717) is 15.7 Å². The predicted molar refractivity (Wildman–Crippen MR) is 100 cm³/mol. The summed E-state index contributed by atoms with van der Waals surface area (Å²) in [5.41, 5.74) is 2.21. The molecule has 3 aromatic rings. The van der Waals surface area contributed by atoms with Gasteiger partial charge >= 0.3 is 0 Å². The number of amides is 1. The molecule has 0 saturated heterocycles. The van der Waals surface area contributed by atoms with Crippen LogP contribution in [0.15, 0.2) is 42.5 Å². The molecule has 0 saturated carbocycles. The maximum absolute atomic E-state index is 12.0. The quantitative estimate of drug-likeness (QED) is 0.403. The molecule has 0 spiro atoms. The molecule has 3 rings (SSSR count). The number of hydrogen-bond acceptors (Lipinski definition) is 5. The van der Waals surface area contributed by atoms with Crippen LogP contribution in [0.4, 0.5) is 10.8 Å². The number of aromatic nitrogens is 1. The Hall–Kier alpha value is -2.77. The van der Waals surface area contributed by atoms with E-state index in [0.717, 1.165) is 15.8 Å². The Morgan fingerprint density at radius 3 is 2.92 bits per heavy atom. The number of halogens is 1. The zero-order valence-electron chi connectivity index (χ0n) is 13.0. The topological polar surface area (TPSA) is 85.1 Å². The lowest BCUT2D eigenvalue weighted by Crippen LogP contribution is -2.07. The molecule has 2 aromatic carbocycles. The molecule has 25 heavy (non-hydrogen) atoms. The lowest BCUT2D eigenvalue weighted by Gasteiger charge is -1.96. The molecule has 1 amide bonds. The van der Waals surface area contributed by atoms with Gasteiger partial charge in [0.1, 0.15) is 0 Å². The molecule has 126 valence electrons. The number of aryl methyl sites for hydroxylation is 1. The van der Waals surface area contributed by atoms with Crippen LogP contribution in [0.5, 0.6) is 0 Å². The van der Waals surface area contributed by atoms with Gasteiger partial charge in [0.2, 0.25) is 5.91 Å². The molecule has 0 aliphatic heterocycles. The molecule has 0 aliphatic rings. The highest BCUT2D eigenvalue weighted by Crippen LogP contribution is 2.30. The number of nitro benzene ring substituents is 1. The minimum Gasteiger partial charge on any atom is -0.298 e. The van der Waals surface area contributed by atoms with Crippen molar-refractivity contribution < 1.29 is 9.72 Å². The third-order valence-electron chi connectivity index (χ3n) is 3.41. The first-order valence-electron chi connectivity index (χ1n) is 7.22. The highest BCUT2D eigenvalue weighted by atomic mass is 35.5. The first-order chi connectivity index (χ1) is 11.9. The van der Waals surface area contributed by atoms with E-state index in [1.54, 1.807) is 18.2 Å². The van der Waals surface area contributed by atoms with Crippen LogP contribution in [-0.2, 0) is 4.79 Å². The second-order valence-corrected chi connectivity index (χ2v) is 6.70. The monoisotopic (exact) mass is 373 g/mol. The number of benzene rings is 2. The maximum Gasteiger partial charge on any atom is 0.270 e. The van der Waals surface area contributed by atoms with Crippen LogP contribution >= 0.6 is 22.9 Å². The summed E-state index contributed by atoms with van der Waals surface area (Å²) in [6.45, 7) is 1.90. The van der Waals surface area contributed by atoms with Crippen LogP contribution < -0.4 is 5.32 Å². The fourth-order valence-corrected chi connectivity index (χ4v) is 3.27. The van der Waals surface area contributed by atoms with Crippen LogP contribution in [0.3, 0.4) is 0 Å². The van der Waals surface area contributed by atoms with Gasteiger partial charge in [0.05, 0.1) is 15.1 Å². The van der Waals surface area contributed by atoms with E-state index < -0.39 is 4.92 Å². The number of nitrogens with one attached hydrogen (secondary N) is 1.